The van der Waals surface area contributed by atoms with Crippen LogP contribution in [0, 0.1) is 0 Å². The van der Waals surface area contributed by atoms with Crippen LogP contribution in [0.5, 0.6) is 5.75 Å². The summed E-state index contributed by atoms with van der Waals surface area (Å²) in [6.45, 7) is -0.885. The standard InChI is InChI=1S/C21H25ClN8O10S3.ClH.2Na/c1-30(2,3)21-26-19(22)25-20(27-21)24-14-10-13(23)18(41-40-39-31)11-15(14)28-29-16-9-12(5-6-17(16)37-4)42(32,33)8-7-38-43(34,35)36;;;/h5-6,9-11H,7-8,23H2,1-4H3,(H2-,24,25,26,27,31,34,35,36);1H;;/q;;2*+1/p-2. The van der Waals surface area contributed by atoms with Gasteiger partial charge in [0, 0.05) is 5.69 Å². The smallest absolute Gasteiger partial charge is 1.00 e. The minimum atomic E-state index is -5.08. The molecule has 3 rings (SSSR count). The van der Waals surface area contributed by atoms with E-state index < -0.39 is 32.6 Å². The molecule has 242 valence electrons. The molecule has 0 bridgehead atoms. The van der Waals surface area contributed by atoms with Crippen molar-refractivity contribution in [3.63, 3.8) is 0 Å². The van der Waals surface area contributed by atoms with Gasteiger partial charge >= 0.3 is 65.1 Å². The third-order valence-electron chi connectivity index (χ3n) is 5.08. The maximum absolute atomic E-state index is 12.7. The zero-order valence-corrected chi connectivity index (χ0v) is 33.1. The molecule has 0 amide bonds. The van der Waals surface area contributed by atoms with Crippen LogP contribution >= 0.6 is 23.6 Å². The van der Waals surface area contributed by atoms with Gasteiger partial charge in [-0.3, -0.25) is 13.7 Å². The van der Waals surface area contributed by atoms with Crippen LogP contribution in [0.15, 0.2) is 50.4 Å². The molecule has 25 heteroatoms. The molecule has 0 aliphatic rings. The quantitative estimate of drug-likeness (QED) is 0.0178. The molecule has 46 heavy (non-hydrogen) atoms. The second kappa shape index (κ2) is 19.3. The Balaban J connectivity index is 0.00000675. The van der Waals surface area contributed by atoms with Crippen LogP contribution in [0.25, 0.3) is 0 Å². The molecule has 3 N–H and O–H groups in total. The molecule has 1 heterocycles. The summed E-state index contributed by atoms with van der Waals surface area (Å²) in [5.74, 6) is -0.324. The molecule has 2 aromatic carbocycles. The van der Waals surface area contributed by atoms with Crippen molar-refractivity contribution in [2.24, 2.45) is 10.2 Å². The molecular formula is C21H24Cl2N8Na2O10S3. The zero-order valence-electron chi connectivity index (χ0n) is 25.1. The summed E-state index contributed by atoms with van der Waals surface area (Å²) in [4.78, 5) is 12.5. The van der Waals surface area contributed by atoms with Crippen molar-refractivity contribution in [3.05, 3.63) is 35.6 Å². The van der Waals surface area contributed by atoms with Crippen LogP contribution in [0.3, 0.4) is 0 Å². The molecule has 0 aliphatic carbocycles. The van der Waals surface area contributed by atoms with E-state index in [2.05, 4.69) is 44.1 Å². The summed E-state index contributed by atoms with van der Waals surface area (Å²) in [7, 11) is -2.43. The van der Waals surface area contributed by atoms with Gasteiger partial charge in [0.25, 0.3) is 0 Å². The predicted molar refractivity (Wildman–Crippen MR) is 151 cm³/mol. The van der Waals surface area contributed by atoms with Crippen LogP contribution in [-0.2, 0) is 33.8 Å². The second-order valence-electron chi connectivity index (χ2n) is 9.07. The largest absolute Gasteiger partial charge is 1.00 e. The molecule has 0 saturated carbocycles. The van der Waals surface area contributed by atoms with E-state index in [4.69, 9.17) is 22.1 Å². The van der Waals surface area contributed by atoms with Gasteiger partial charge in [-0.1, -0.05) is 0 Å². The Morgan fingerprint density at radius 3 is 2.28 bits per heavy atom. The summed E-state index contributed by atoms with van der Waals surface area (Å²) in [5, 5.41) is 24.9. The number of halogens is 2. The van der Waals surface area contributed by atoms with Crippen molar-refractivity contribution in [2.45, 2.75) is 9.79 Å². The number of nitrogens with zero attached hydrogens (tertiary/aromatic N) is 6. The Bertz CT molecular complexity index is 1740. The van der Waals surface area contributed by atoms with Crippen molar-refractivity contribution < 1.29 is 116 Å². The Labute approximate surface area is 324 Å². The van der Waals surface area contributed by atoms with E-state index in [-0.39, 0.29) is 126 Å². The number of nitrogens with one attached hydrogen (secondary N) is 1. The number of aromatic nitrogens is 3. The third-order valence-corrected chi connectivity index (χ3v) is 8.03. The number of anilines is 3. The van der Waals surface area contributed by atoms with Crippen molar-refractivity contribution >= 4 is 78.5 Å². The Kier molecular flexibility index (Phi) is 18.9. The minimum Gasteiger partial charge on any atom is -1.00 e. The predicted octanol–water partition coefficient (Wildman–Crippen LogP) is -7.04. The number of hydrogen-bond acceptors (Lipinski definition) is 18. The Morgan fingerprint density at radius 2 is 1.70 bits per heavy atom. The molecule has 0 atom stereocenters. The average Bonchev–Trinajstić information content (AvgIpc) is 2.90. The van der Waals surface area contributed by atoms with Crippen molar-refractivity contribution in [2.75, 3.05) is 51.7 Å². The van der Waals surface area contributed by atoms with Crippen molar-refractivity contribution in [1.29, 1.82) is 0 Å². The van der Waals surface area contributed by atoms with Gasteiger partial charge in [-0.2, -0.15) is 9.32 Å². The number of nitrogens with two attached hydrogens (primary N) is 1. The molecule has 1 aromatic heterocycles. The second-order valence-corrected chi connectivity index (χ2v) is 13.3. The number of benzene rings is 2. The van der Waals surface area contributed by atoms with Crippen molar-refractivity contribution in [1.82, 2.24) is 19.4 Å². The minimum absolute atomic E-state index is 0. The summed E-state index contributed by atoms with van der Waals surface area (Å²) in [5.41, 5.74) is 6.47. The van der Waals surface area contributed by atoms with E-state index in [1.54, 1.807) is 0 Å². The molecule has 0 radical (unpaired) electrons. The zero-order chi connectivity index (χ0) is 32.0. The summed E-state index contributed by atoms with van der Waals surface area (Å²) >= 11 is 6.59. The molecule has 18 nitrogen and oxygen atoms in total. The number of rotatable bonds is 14. The molecule has 0 aliphatic heterocycles. The van der Waals surface area contributed by atoms with E-state index in [1.807, 2.05) is 21.1 Å². The van der Waals surface area contributed by atoms with Gasteiger partial charge in [0.1, 0.15) is 17.1 Å². The fraction of sp³-hybridized carbons (Fsp3) is 0.286. The van der Waals surface area contributed by atoms with Crippen LogP contribution in [0.4, 0.5) is 34.6 Å². The van der Waals surface area contributed by atoms with Crippen LogP contribution in [0.1, 0.15) is 0 Å². The van der Waals surface area contributed by atoms with Crippen LogP contribution < -0.4 is 97.0 Å². The average molecular weight is 762 g/mol. The summed E-state index contributed by atoms with van der Waals surface area (Å²) in [6, 6.07) is 6.41. The van der Waals surface area contributed by atoms with Gasteiger partial charge in [-0.05, 0) is 41.9 Å². The van der Waals surface area contributed by atoms with Crippen LogP contribution in [0.2, 0.25) is 5.28 Å². The molecule has 3 aromatic rings. The first-order chi connectivity index (χ1) is 20.0. The summed E-state index contributed by atoms with van der Waals surface area (Å²) in [6.07, 6.45) is 0. The Morgan fingerprint density at radius 1 is 1.04 bits per heavy atom. The van der Waals surface area contributed by atoms with Gasteiger partial charge in [0.2, 0.25) is 21.6 Å². The molecule has 0 fully saturated rings. The number of methoxy groups -OCH3 is 1. The van der Waals surface area contributed by atoms with E-state index in [1.165, 1.54) is 31.4 Å². The molecule has 0 spiro atoms. The van der Waals surface area contributed by atoms with E-state index in [0.717, 1.165) is 6.07 Å². The number of ether oxygens (including phenoxy) is 1. The normalized spacial score (nSPS) is 11.7. The van der Waals surface area contributed by atoms with Gasteiger partial charge < -0.3 is 38.0 Å². The van der Waals surface area contributed by atoms with Gasteiger partial charge in [-0.25, -0.2) is 16.8 Å². The van der Waals surface area contributed by atoms with Crippen molar-refractivity contribution in [3.8, 4) is 5.75 Å². The monoisotopic (exact) mass is 760 g/mol. The van der Waals surface area contributed by atoms with Gasteiger partial charge in [0.05, 0.1) is 68.1 Å². The maximum Gasteiger partial charge on any atom is 1.00 e. The molecule has 0 unspecified atom stereocenters. The Hall–Kier alpha value is -0.960. The van der Waals surface area contributed by atoms with E-state index >= 15 is 0 Å². The molecule has 0 saturated heterocycles. The number of azo groups is 1. The number of nitrogen functional groups attached to an aromatic ring is 1. The van der Waals surface area contributed by atoms with Crippen LogP contribution in [-0.4, -0.2) is 77.0 Å². The number of sulfone groups is 1. The fourth-order valence-electron chi connectivity index (χ4n) is 3.12. The number of quaternary nitrogens is 1. The van der Waals surface area contributed by atoms with E-state index in [9.17, 15) is 26.6 Å². The molecular weight excluding hydrogens is 737 g/mol. The first-order valence-electron chi connectivity index (χ1n) is 11.5. The SMILES string of the molecule is COc1ccc(S(=O)(=O)CCOS(=O)(=O)[O-])cc1N=Nc1cc(SOO[O-])c(N)cc1Nc1nc(Cl)nc([N+](C)(C)C)n1.[Cl-].[Na+].[Na+]. The number of hydrogen-bond donors (Lipinski definition) is 2. The summed E-state index contributed by atoms with van der Waals surface area (Å²) < 4.78 is 71.2. The third kappa shape index (κ3) is 13.5. The topological polar surface area (TPSA) is 253 Å². The maximum atomic E-state index is 12.7. The first kappa shape index (κ1) is 45.0. The fourth-order valence-corrected chi connectivity index (χ4v) is 5.19. The van der Waals surface area contributed by atoms with E-state index in [0.29, 0.717) is 18.0 Å². The first-order valence-corrected chi connectivity index (χ1v) is 15.6. The van der Waals surface area contributed by atoms with Gasteiger partial charge in [0.15, 0.2) is 9.84 Å². The van der Waals surface area contributed by atoms with Gasteiger partial charge in [-0.15, -0.1) is 20.2 Å².